The Bertz CT molecular complexity index is 633. The minimum Gasteiger partial charge on any atom is -0.334 e. The lowest BCUT2D eigenvalue weighted by molar-refractivity contribution is -0.141. The molecule has 1 saturated heterocycles. The van der Waals surface area contributed by atoms with E-state index in [-0.39, 0.29) is 23.5 Å². The van der Waals surface area contributed by atoms with Crippen LogP contribution in [0.5, 0.6) is 0 Å². The lowest BCUT2D eigenvalue weighted by Crippen LogP contribution is -2.65. The first-order valence-electron chi connectivity index (χ1n) is 9.31. The maximum Gasteiger partial charge on any atom is 0.323 e. The number of anilines is 1. The van der Waals surface area contributed by atoms with Gasteiger partial charge in [0.25, 0.3) is 0 Å². The van der Waals surface area contributed by atoms with Crippen molar-refractivity contribution >= 4 is 17.8 Å². The summed E-state index contributed by atoms with van der Waals surface area (Å²) in [5, 5.41) is 7.29. The number of carbonyl (C=O) groups is 2. The molecule has 1 spiro atoms. The van der Waals surface area contributed by atoms with E-state index in [2.05, 4.69) is 10.4 Å². The summed E-state index contributed by atoms with van der Waals surface area (Å²) in [5.41, 5.74) is -0.184. The first-order valence-corrected chi connectivity index (χ1v) is 9.31. The zero-order chi connectivity index (χ0) is 18.0. The first-order chi connectivity index (χ1) is 11.9. The van der Waals surface area contributed by atoms with Gasteiger partial charge in [-0.25, -0.2) is 4.79 Å². The van der Waals surface area contributed by atoms with E-state index >= 15 is 0 Å². The third kappa shape index (κ3) is 3.65. The van der Waals surface area contributed by atoms with Gasteiger partial charge in [0.2, 0.25) is 5.91 Å². The zero-order valence-electron chi connectivity index (χ0n) is 15.5. The predicted octanol–water partition coefficient (Wildman–Crippen LogP) is 2.86. The van der Waals surface area contributed by atoms with E-state index in [0.717, 1.165) is 25.7 Å². The quantitative estimate of drug-likeness (QED) is 0.894. The second-order valence-electron chi connectivity index (χ2n) is 7.58. The highest BCUT2D eigenvalue weighted by molar-refractivity contribution is 5.88. The van der Waals surface area contributed by atoms with Gasteiger partial charge in [0.05, 0.1) is 5.54 Å². The molecule has 138 valence electrons. The van der Waals surface area contributed by atoms with Crippen molar-refractivity contribution in [2.45, 2.75) is 64.5 Å². The fourth-order valence-corrected chi connectivity index (χ4v) is 4.16. The van der Waals surface area contributed by atoms with Crippen molar-refractivity contribution in [3.05, 3.63) is 12.3 Å². The Balaban J connectivity index is 1.69. The molecule has 1 saturated carbocycles. The summed E-state index contributed by atoms with van der Waals surface area (Å²) in [6.07, 6.45) is 7.30. The molecule has 2 fully saturated rings. The van der Waals surface area contributed by atoms with Crippen LogP contribution in [0, 0.1) is 0 Å². The van der Waals surface area contributed by atoms with E-state index in [1.807, 2.05) is 40.6 Å². The topological polar surface area (TPSA) is 70.5 Å². The van der Waals surface area contributed by atoms with E-state index in [0.29, 0.717) is 25.5 Å². The number of urea groups is 1. The summed E-state index contributed by atoms with van der Waals surface area (Å²) in [5.74, 6) is 0.697. The van der Waals surface area contributed by atoms with Crippen molar-refractivity contribution in [3.63, 3.8) is 0 Å². The molecule has 2 aliphatic rings. The van der Waals surface area contributed by atoms with Crippen molar-refractivity contribution in [1.29, 1.82) is 0 Å². The monoisotopic (exact) mass is 347 g/mol. The van der Waals surface area contributed by atoms with Crippen LogP contribution in [-0.2, 0) is 4.79 Å². The number of hydrogen-bond acceptors (Lipinski definition) is 3. The second-order valence-corrected chi connectivity index (χ2v) is 7.58. The molecule has 2 heterocycles. The van der Waals surface area contributed by atoms with Crippen LogP contribution >= 0.6 is 0 Å². The highest BCUT2D eigenvalue weighted by atomic mass is 16.2. The number of hydrogen-bond donors (Lipinski definition) is 1. The maximum absolute atomic E-state index is 12.7. The molecule has 1 aromatic rings. The SMILES string of the molecule is CC(=O)N1CCN(C(=O)Nc2ccn(C(C)C)n2)CC12CCCCC2. The summed E-state index contributed by atoms with van der Waals surface area (Å²) < 4.78 is 1.83. The van der Waals surface area contributed by atoms with Gasteiger partial charge in [-0.3, -0.25) is 14.8 Å². The largest absolute Gasteiger partial charge is 0.334 e. The van der Waals surface area contributed by atoms with Crippen molar-refractivity contribution in [2.24, 2.45) is 0 Å². The lowest BCUT2D eigenvalue weighted by atomic mass is 9.78. The molecule has 7 heteroatoms. The van der Waals surface area contributed by atoms with Gasteiger partial charge in [-0.1, -0.05) is 19.3 Å². The van der Waals surface area contributed by atoms with Crippen LogP contribution in [0.15, 0.2) is 12.3 Å². The molecule has 1 aliphatic carbocycles. The molecule has 0 atom stereocenters. The Labute approximate surface area is 149 Å². The minimum absolute atomic E-state index is 0.123. The van der Waals surface area contributed by atoms with E-state index in [9.17, 15) is 9.59 Å². The van der Waals surface area contributed by atoms with E-state index in [1.165, 1.54) is 6.42 Å². The molecule has 0 radical (unpaired) electrons. The Morgan fingerprint density at radius 2 is 1.92 bits per heavy atom. The molecule has 1 aromatic heterocycles. The molecular weight excluding hydrogens is 318 g/mol. The average molecular weight is 347 g/mol. The lowest BCUT2D eigenvalue weighted by Gasteiger charge is -2.52. The Hall–Kier alpha value is -2.05. The number of carbonyl (C=O) groups excluding carboxylic acids is 2. The first kappa shape index (κ1) is 17.8. The van der Waals surface area contributed by atoms with E-state index in [1.54, 1.807) is 6.92 Å². The second kappa shape index (κ2) is 7.06. The third-order valence-electron chi connectivity index (χ3n) is 5.48. The highest BCUT2D eigenvalue weighted by Crippen LogP contribution is 2.36. The number of aromatic nitrogens is 2. The zero-order valence-corrected chi connectivity index (χ0v) is 15.5. The Morgan fingerprint density at radius 3 is 2.52 bits per heavy atom. The molecule has 7 nitrogen and oxygen atoms in total. The van der Waals surface area contributed by atoms with Gasteiger partial charge in [-0.2, -0.15) is 5.10 Å². The van der Waals surface area contributed by atoms with Crippen molar-refractivity contribution in [3.8, 4) is 0 Å². The smallest absolute Gasteiger partial charge is 0.323 e. The number of piperazine rings is 1. The van der Waals surface area contributed by atoms with Crippen molar-refractivity contribution < 1.29 is 9.59 Å². The van der Waals surface area contributed by atoms with Crippen LogP contribution < -0.4 is 5.32 Å². The van der Waals surface area contributed by atoms with Crippen molar-refractivity contribution in [1.82, 2.24) is 19.6 Å². The van der Waals surface area contributed by atoms with Gasteiger partial charge in [0, 0.05) is 44.9 Å². The van der Waals surface area contributed by atoms with Gasteiger partial charge in [0.15, 0.2) is 5.82 Å². The molecule has 1 aliphatic heterocycles. The van der Waals surface area contributed by atoms with Gasteiger partial charge in [-0.15, -0.1) is 0 Å². The summed E-state index contributed by atoms with van der Waals surface area (Å²) >= 11 is 0. The highest BCUT2D eigenvalue weighted by Gasteiger charge is 2.44. The van der Waals surface area contributed by atoms with Gasteiger partial charge in [0.1, 0.15) is 0 Å². The average Bonchev–Trinajstić information content (AvgIpc) is 3.04. The standard InChI is InChI=1S/C18H29N5O2/c1-14(2)23-10-7-16(20-23)19-17(25)21-11-12-22(15(3)24)18(13-21)8-5-4-6-9-18/h7,10,14H,4-6,8-9,11-13H2,1-3H3,(H,19,20,25). The Kier molecular flexibility index (Phi) is 5.01. The predicted molar refractivity (Wildman–Crippen MR) is 96.4 cm³/mol. The molecule has 3 rings (SSSR count). The van der Waals surface area contributed by atoms with Crippen LogP contribution in [0.4, 0.5) is 10.6 Å². The van der Waals surface area contributed by atoms with Crippen LogP contribution in [0.3, 0.4) is 0 Å². The Morgan fingerprint density at radius 1 is 1.20 bits per heavy atom. The molecule has 0 unspecified atom stereocenters. The number of nitrogens with one attached hydrogen (secondary N) is 1. The fraction of sp³-hybridized carbons (Fsp3) is 0.722. The number of nitrogens with zero attached hydrogens (tertiary/aromatic N) is 4. The molecule has 1 N–H and O–H groups in total. The number of rotatable bonds is 2. The van der Waals surface area contributed by atoms with Gasteiger partial charge >= 0.3 is 6.03 Å². The normalized spacial score (nSPS) is 20.2. The van der Waals surface area contributed by atoms with E-state index in [4.69, 9.17) is 0 Å². The summed E-state index contributed by atoms with van der Waals surface area (Å²) in [6, 6.07) is 1.96. The maximum atomic E-state index is 12.7. The van der Waals surface area contributed by atoms with Gasteiger partial charge in [-0.05, 0) is 26.7 Å². The molecule has 25 heavy (non-hydrogen) atoms. The summed E-state index contributed by atoms with van der Waals surface area (Å²) in [4.78, 5) is 28.7. The van der Waals surface area contributed by atoms with Crippen LogP contribution in [0.2, 0.25) is 0 Å². The molecule has 0 bridgehead atoms. The molecular formula is C18H29N5O2. The van der Waals surface area contributed by atoms with Crippen molar-refractivity contribution in [2.75, 3.05) is 25.0 Å². The number of amides is 3. The third-order valence-corrected chi connectivity index (χ3v) is 5.48. The van der Waals surface area contributed by atoms with Gasteiger partial charge < -0.3 is 9.80 Å². The van der Waals surface area contributed by atoms with Crippen LogP contribution in [0.1, 0.15) is 58.9 Å². The van der Waals surface area contributed by atoms with Crippen LogP contribution in [0.25, 0.3) is 0 Å². The minimum atomic E-state index is -0.184. The summed E-state index contributed by atoms with van der Waals surface area (Å²) in [7, 11) is 0. The van der Waals surface area contributed by atoms with Crippen LogP contribution in [-0.4, -0.2) is 56.7 Å². The van der Waals surface area contributed by atoms with E-state index < -0.39 is 0 Å². The fourth-order valence-electron chi connectivity index (χ4n) is 4.16. The summed E-state index contributed by atoms with van der Waals surface area (Å²) in [6.45, 7) is 7.54. The molecule has 3 amide bonds. The molecule has 0 aromatic carbocycles.